The van der Waals surface area contributed by atoms with Crippen LogP contribution in [0, 0.1) is 6.92 Å². The molecule has 142 valence electrons. The Morgan fingerprint density at radius 2 is 1.79 bits per heavy atom. The van der Waals surface area contributed by atoms with E-state index in [2.05, 4.69) is 15.3 Å². The SMILES string of the molecule is Cc1ccccc1NC(=O)c1cc2ccccc2c(C=Nc2ccccn2)c1O. The van der Waals surface area contributed by atoms with Crippen LogP contribution in [0.2, 0.25) is 0 Å². The molecule has 0 saturated carbocycles. The number of hydrogen-bond donors (Lipinski definition) is 2. The van der Waals surface area contributed by atoms with Gasteiger partial charge in [0.2, 0.25) is 0 Å². The van der Waals surface area contributed by atoms with Crippen molar-refractivity contribution in [2.24, 2.45) is 4.99 Å². The Hall–Kier alpha value is -3.99. The van der Waals surface area contributed by atoms with Crippen molar-refractivity contribution in [1.82, 2.24) is 4.98 Å². The van der Waals surface area contributed by atoms with Gasteiger partial charge in [-0.2, -0.15) is 0 Å². The second kappa shape index (κ2) is 7.94. The molecule has 0 unspecified atom stereocenters. The highest BCUT2D eigenvalue weighted by Crippen LogP contribution is 2.31. The van der Waals surface area contributed by atoms with Crippen molar-refractivity contribution in [3.8, 4) is 5.75 Å². The van der Waals surface area contributed by atoms with Crippen LogP contribution in [0.3, 0.4) is 0 Å². The van der Waals surface area contributed by atoms with E-state index < -0.39 is 0 Å². The van der Waals surface area contributed by atoms with Gasteiger partial charge >= 0.3 is 0 Å². The molecule has 0 bridgehead atoms. The van der Waals surface area contributed by atoms with Gasteiger partial charge in [-0.3, -0.25) is 4.79 Å². The highest BCUT2D eigenvalue weighted by Gasteiger charge is 2.18. The maximum atomic E-state index is 12.9. The molecule has 0 fully saturated rings. The third kappa shape index (κ3) is 3.84. The summed E-state index contributed by atoms with van der Waals surface area (Å²) in [5.41, 5.74) is 2.31. The first-order valence-corrected chi connectivity index (χ1v) is 9.20. The zero-order valence-electron chi connectivity index (χ0n) is 15.8. The van der Waals surface area contributed by atoms with Gasteiger partial charge in [-0.25, -0.2) is 9.98 Å². The van der Waals surface area contributed by atoms with Gasteiger partial charge < -0.3 is 10.4 Å². The number of rotatable bonds is 4. The molecular weight excluding hydrogens is 362 g/mol. The summed E-state index contributed by atoms with van der Waals surface area (Å²) in [6.07, 6.45) is 3.20. The van der Waals surface area contributed by atoms with E-state index in [1.165, 1.54) is 0 Å². The number of benzene rings is 3. The third-order valence-electron chi connectivity index (χ3n) is 4.67. The van der Waals surface area contributed by atoms with Crippen molar-refractivity contribution < 1.29 is 9.90 Å². The lowest BCUT2D eigenvalue weighted by Crippen LogP contribution is -2.13. The number of anilines is 1. The number of amides is 1. The minimum atomic E-state index is -0.380. The molecule has 0 saturated heterocycles. The van der Waals surface area contributed by atoms with Gasteiger partial charge in [0.1, 0.15) is 5.75 Å². The summed E-state index contributed by atoms with van der Waals surface area (Å²) in [6, 6.07) is 22.2. The zero-order valence-corrected chi connectivity index (χ0v) is 15.8. The van der Waals surface area contributed by atoms with E-state index in [0.29, 0.717) is 17.1 Å². The molecule has 2 N–H and O–H groups in total. The van der Waals surface area contributed by atoms with Crippen molar-refractivity contribution in [3.63, 3.8) is 0 Å². The number of para-hydroxylation sites is 1. The minimum absolute atomic E-state index is 0.116. The molecule has 0 aliphatic rings. The first-order valence-electron chi connectivity index (χ1n) is 9.20. The average molecular weight is 381 g/mol. The predicted octanol–water partition coefficient (Wildman–Crippen LogP) is 5.25. The molecule has 0 aliphatic carbocycles. The van der Waals surface area contributed by atoms with Crippen molar-refractivity contribution in [3.05, 3.63) is 95.7 Å². The Balaban J connectivity index is 1.79. The topological polar surface area (TPSA) is 74.6 Å². The highest BCUT2D eigenvalue weighted by molar-refractivity contribution is 6.13. The summed E-state index contributed by atoms with van der Waals surface area (Å²) >= 11 is 0. The molecule has 0 spiro atoms. The normalized spacial score (nSPS) is 11.1. The highest BCUT2D eigenvalue weighted by atomic mass is 16.3. The van der Waals surface area contributed by atoms with Gasteiger partial charge in [0.05, 0.1) is 5.56 Å². The van der Waals surface area contributed by atoms with Crippen molar-refractivity contribution in [1.29, 1.82) is 0 Å². The lowest BCUT2D eigenvalue weighted by molar-refractivity contribution is 0.102. The van der Waals surface area contributed by atoms with Crippen LogP contribution in [0.5, 0.6) is 5.75 Å². The van der Waals surface area contributed by atoms with Crippen molar-refractivity contribution >= 4 is 34.4 Å². The van der Waals surface area contributed by atoms with Gasteiger partial charge in [-0.1, -0.05) is 48.5 Å². The number of aryl methyl sites for hydroxylation is 1. The maximum absolute atomic E-state index is 12.9. The molecule has 29 heavy (non-hydrogen) atoms. The Kier molecular flexibility index (Phi) is 5.03. The number of hydrogen-bond acceptors (Lipinski definition) is 4. The number of carbonyl (C=O) groups is 1. The summed E-state index contributed by atoms with van der Waals surface area (Å²) in [6.45, 7) is 1.92. The van der Waals surface area contributed by atoms with Gasteiger partial charge in [-0.15, -0.1) is 0 Å². The molecule has 1 heterocycles. The summed E-state index contributed by atoms with van der Waals surface area (Å²) in [5, 5.41) is 15.4. The number of aromatic nitrogens is 1. The van der Waals surface area contributed by atoms with Crippen LogP contribution in [0.15, 0.2) is 84.0 Å². The summed E-state index contributed by atoms with van der Waals surface area (Å²) in [5.74, 6) is 0.0234. The molecule has 5 nitrogen and oxygen atoms in total. The van der Waals surface area contributed by atoms with Crippen LogP contribution in [0.1, 0.15) is 21.5 Å². The van der Waals surface area contributed by atoms with E-state index in [1.807, 2.05) is 67.6 Å². The van der Waals surface area contributed by atoms with Gasteiger partial charge in [-0.05, 0) is 47.5 Å². The minimum Gasteiger partial charge on any atom is -0.506 e. The molecule has 0 aliphatic heterocycles. The maximum Gasteiger partial charge on any atom is 0.259 e. The van der Waals surface area contributed by atoms with E-state index in [0.717, 1.165) is 16.3 Å². The average Bonchev–Trinajstić information content (AvgIpc) is 2.75. The van der Waals surface area contributed by atoms with Gasteiger partial charge in [0, 0.05) is 23.7 Å². The Morgan fingerprint density at radius 3 is 2.59 bits per heavy atom. The van der Waals surface area contributed by atoms with Crippen LogP contribution < -0.4 is 5.32 Å². The van der Waals surface area contributed by atoms with Crippen LogP contribution in [-0.4, -0.2) is 22.2 Å². The number of aromatic hydroxyl groups is 1. The third-order valence-corrected chi connectivity index (χ3v) is 4.67. The number of nitrogens with one attached hydrogen (secondary N) is 1. The summed E-state index contributed by atoms with van der Waals surface area (Å²) in [4.78, 5) is 21.5. The van der Waals surface area contributed by atoms with E-state index >= 15 is 0 Å². The zero-order chi connectivity index (χ0) is 20.2. The van der Waals surface area contributed by atoms with E-state index in [1.54, 1.807) is 24.5 Å². The quantitative estimate of drug-likeness (QED) is 0.474. The molecular formula is C24H19N3O2. The number of fused-ring (bicyclic) bond motifs is 1. The lowest BCUT2D eigenvalue weighted by Gasteiger charge is -2.13. The Labute approximate surface area is 168 Å². The standard InChI is InChI=1S/C24H19N3O2/c1-16-8-2-5-11-21(16)27-24(29)19-14-17-9-3-4-10-18(17)20(23(19)28)15-26-22-12-6-7-13-25-22/h2-15,28H,1H3,(H,27,29). The van der Waals surface area contributed by atoms with E-state index in [-0.39, 0.29) is 17.2 Å². The van der Waals surface area contributed by atoms with Crippen LogP contribution >= 0.6 is 0 Å². The molecule has 5 heteroatoms. The van der Waals surface area contributed by atoms with Crippen LogP contribution in [-0.2, 0) is 0 Å². The Bertz CT molecular complexity index is 1220. The molecule has 0 atom stereocenters. The number of phenols is 1. The van der Waals surface area contributed by atoms with Gasteiger partial charge in [0.25, 0.3) is 5.91 Å². The molecule has 4 aromatic rings. The van der Waals surface area contributed by atoms with E-state index in [9.17, 15) is 9.90 Å². The molecule has 1 amide bonds. The van der Waals surface area contributed by atoms with Crippen molar-refractivity contribution in [2.45, 2.75) is 6.92 Å². The largest absolute Gasteiger partial charge is 0.506 e. The second-order valence-electron chi connectivity index (χ2n) is 6.62. The monoisotopic (exact) mass is 381 g/mol. The van der Waals surface area contributed by atoms with E-state index in [4.69, 9.17) is 0 Å². The lowest BCUT2D eigenvalue weighted by atomic mass is 9.99. The smallest absolute Gasteiger partial charge is 0.259 e. The molecule has 3 aromatic carbocycles. The van der Waals surface area contributed by atoms with Crippen LogP contribution in [0.25, 0.3) is 10.8 Å². The Morgan fingerprint density at radius 1 is 1.03 bits per heavy atom. The van der Waals surface area contributed by atoms with Gasteiger partial charge in [0.15, 0.2) is 5.82 Å². The predicted molar refractivity (Wildman–Crippen MR) is 116 cm³/mol. The molecule has 1 aromatic heterocycles. The fraction of sp³-hybridized carbons (Fsp3) is 0.0417. The van der Waals surface area contributed by atoms with Crippen LogP contribution in [0.4, 0.5) is 11.5 Å². The molecule has 4 rings (SSSR count). The summed E-state index contributed by atoms with van der Waals surface area (Å²) in [7, 11) is 0. The fourth-order valence-electron chi connectivity index (χ4n) is 3.13. The summed E-state index contributed by atoms with van der Waals surface area (Å²) < 4.78 is 0. The second-order valence-corrected chi connectivity index (χ2v) is 6.62. The number of pyridine rings is 1. The number of nitrogens with zero attached hydrogens (tertiary/aromatic N) is 2. The number of carbonyl (C=O) groups excluding carboxylic acids is 1. The number of aliphatic imine (C=N–C) groups is 1. The van der Waals surface area contributed by atoms with Crippen molar-refractivity contribution in [2.75, 3.05) is 5.32 Å². The first kappa shape index (κ1) is 18.4. The number of phenolic OH excluding ortho intramolecular Hbond substituents is 1. The molecule has 0 radical (unpaired) electrons. The first-order chi connectivity index (χ1) is 14.1. The fourth-order valence-corrected chi connectivity index (χ4v) is 3.13.